The van der Waals surface area contributed by atoms with Crippen molar-refractivity contribution in [3.05, 3.63) is 90.1 Å². The first-order valence-electron chi connectivity index (χ1n) is 10.5. The number of rotatable bonds is 5. The monoisotopic (exact) mass is 466 g/mol. The van der Waals surface area contributed by atoms with Gasteiger partial charge in [-0.05, 0) is 24.3 Å². The summed E-state index contributed by atoms with van der Waals surface area (Å²) in [6.07, 6.45) is 3.76. The highest BCUT2D eigenvalue weighted by molar-refractivity contribution is 7.15. The quantitative estimate of drug-likeness (QED) is 0.385. The van der Waals surface area contributed by atoms with Crippen molar-refractivity contribution in [3.8, 4) is 28.3 Å². The van der Waals surface area contributed by atoms with E-state index < -0.39 is 0 Å². The minimum Gasteiger partial charge on any atom is -0.496 e. The van der Waals surface area contributed by atoms with Crippen molar-refractivity contribution < 1.29 is 9.53 Å². The number of aromatic nitrogens is 5. The van der Waals surface area contributed by atoms with Crippen molar-refractivity contribution >= 4 is 33.8 Å². The van der Waals surface area contributed by atoms with E-state index in [1.165, 1.54) is 11.3 Å². The molecule has 0 saturated heterocycles. The summed E-state index contributed by atoms with van der Waals surface area (Å²) >= 11 is 1.44. The van der Waals surface area contributed by atoms with Crippen LogP contribution in [-0.4, -0.2) is 37.0 Å². The van der Waals surface area contributed by atoms with Gasteiger partial charge in [0, 0.05) is 34.5 Å². The minimum atomic E-state index is -0.302. The number of nitrogens with zero attached hydrogens (tertiary/aromatic N) is 5. The SMILES string of the molecule is COc1ccccc1-c1csc2nc(NC(=O)c3ccn4cc(-c5ccccc5)nc4c3)nn12. The number of nitrogens with one attached hydrogen (secondary N) is 1. The molecule has 6 rings (SSSR count). The van der Waals surface area contributed by atoms with E-state index >= 15 is 0 Å². The summed E-state index contributed by atoms with van der Waals surface area (Å²) in [5, 5.41) is 9.27. The molecule has 0 saturated carbocycles. The van der Waals surface area contributed by atoms with Gasteiger partial charge in [-0.15, -0.1) is 16.4 Å². The van der Waals surface area contributed by atoms with Gasteiger partial charge in [0.2, 0.25) is 4.96 Å². The summed E-state index contributed by atoms with van der Waals surface area (Å²) < 4.78 is 9.08. The first-order valence-corrected chi connectivity index (χ1v) is 11.4. The predicted molar refractivity (Wildman–Crippen MR) is 131 cm³/mol. The standard InChI is InChI=1S/C25H18N6O2S/c1-33-21-10-6-5-9-18(21)20-15-34-25-28-24(29-31(20)25)27-23(32)17-11-12-30-14-19(26-22(30)13-17)16-7-3-2-4-8-16/h2-15H,1H3,(H,27,29,32). The smallest absolute Gasteiger partial charge is 0.258 e. The average Bonchev–Trinajstić information content (AvgIpc) is 3.58. The highest BCUT2D eigenvalue weighted by Crippen LogP contribution is 2.32. The molecular formula is C25H18N6O2S. The summed E-state index contributed by atoms with van der Waals surface area (Å²) in [6.45, 7) is 0. The summed E-state index contributed by atoms with van der Waals surface area (Å²) in [6, 6.07) is 21.1. The molecule has 0 aliphatic rings. The summed E-state index contributed by atoms with van der Waals surface area (Å²) in [4.78, 5) is 22.7. The summed E-state index contributed by atoms with van der Waals surface area (Å²) in [5.41, 5.74) is 4.77. The lowest BCUT2D eigenvalue weighted by Crippen LogP contribution is -2.13. The van der Waals surface area contributed by atoms with Crippen LogP contribution in [0.5, 0.6) is 5.75 Å². The highest BCUT2D eigenvalue weighted by atomic mass is 32.1. The molecule has 1 amide bonds. The maximum absolute atomic E-state index is 12.9. The maximum Gasteiger partial charge on any atom is 0.258 e. The van der Waals surface area contributed by atoms with Gasteiger partial charge in [-0.1, -0.05) is 42.5 Å². The second-order valence-corrected chi connectivity index (χ2v) is 8.41. The minimum absolute atomic E-state index is 0.237. The molecule has 0 bridgehead atoms. The Morgan fingerprint density at radius 2 is 1.85 bits per heavy atom. The number of imidazole rings is 1. The van der Waals surface area contributed by atoms with Crippen LogP contribution in [0.1, 0.15) is 10.4 Å². The van der Waals surface area contributed by atoms with Crippen LogP contribution >= 0.6 is 11.3 Å². The number of hydrogen-bond donors (Lipinski definition) is 1. The van der Waals surface area contributed by atoms with Gasteiger partial charge < -0.3 is 9.14 Å². The number of para-hydroxylation sites is 1. The number of ether oxygens (including phenoxy) is 1. The van der Waals surface area contributed by atoms with Crippen LogP contribution in [0, 0.1) is 0 Å². The lowest BCUT2D eigenvalue weighted by molar-refractivity contribution is 0.102. The van der Waals surface area contributed by atoms with Gasteiger partial charge >= 0.3 is 0 Å². The molecule has 166 valence electrons. The molecule has 0 atom stereocenters. The van der Waals surface area contributed by atoms with Crippen molar-refractivity contribution in [2.45, 2.75) is 0 Å². The van der Waals surface area contributed by atoms with Crippen LogP contribution in [0.4, 0.5) is 5.95 Å². The molecule has 4 heterocycles. The molecule has 8 nitrogen and oxygen atoms in total. The Hall–Kier alpha value is -4.50. The van der Waals surface area contributed by atoms with Gasteiger partial charge in [-0.25, -0.2) is 9.50 Å². The zero-order valence-electron chi connectivity index (χ0n) is 18.0. The van der Waals surface area contributed by atoms with E-state index in [0.717, 1.165) is 28.3 Å². The molecule has 0 spiro atoms. The largest absolute Gasteiger partial charge is 0.496 e. The number of fused-ring (bicyclic) bond motifs is 2. The molecule has 0 aliphatic heterocycles. The predicted octanol–water partition coefficient (Wildman–Crippen LogP) is 5.03. The molecule has 0 unspecified atom stereocenters. The van der Waals surface area contributed by atoms with E-state index in [1.54, 1.807) is 23.8 Å². The fraction of sp³-hybridized carbons (Fsp3) is 0.0400. The Labute approximate surface area is 198 Å². The maximum atomic E-state index is 12.9. The number of carbonyl (C=O) groups is 1. The Bertz CT molecular complexity index is 1650. The molecule has 4 aromatic heterocycles. The zero-order valence-corrected chi connectivity index (χ0v) is 18.9. The van der Waals surface area contributed by atoms with Crippen molar-refractivity contribution in [1.29, 1.82) is 0 Å². The van der Waals surface area contributed by atoms with Gasteiger partial charge in [0.05, 0.1) is 18.5 Å². The van der Waals surface area contributed by atoms with E-state index in [4.69, 9.17) is 4.74 Å². The first kappa shape index (κ1) is 20.1. The Balaban J connectivity index is 1.28. The number of anilines is 1. The van der Waals surface area contributed by atoms with Gasteiger partial charge in [0.25, 0.3) is 11.9 Å². The van der Waals surface area contributed by atoms with Gasteiger partial charge in [-0.2, -0.15) is 4.98 Å². The van der Waals surface area contributed by atoms with Crippen LogP contribution in [-0.2, 0) is 0 Å². The number of amides is 1. The van der Waals surface area contributed by atoms with E-state index in [0.29, 0.717) is 16.2 Å². The number of benzene rings is 2. The highest BCUT2D eigenvalue weighted by Gasteiger charge is 2.17. The van der Waals surface area contributed by atoms with Crippen molar-refractivity contribution in [2.75, 3.05) is 12.4 Å². The second-order valence-electron chi connectivity index (χ2n) is 7.58. The Morgan fingerprint density at radius 1 is 1.03 bits per heavy atom. The number of pyridine rings is 1. The molecule has 34 heavy (non-hydrogen) atoms. The van der Waals surface area contributed by atoms with Crippen LogP contribution < -0.4 is 10.1 Å². The molecular weight excluding hydrogens is 448 g/mol. The number of methoxy groups -OCH3 is 1. The number of hydrogen-bond acceptors (Lipinski definition) is 6. The Kier molecular flexibility index (Phi) is 4.81. The molecule has 2 aromatic carbocycles. The summed E-state index contributed by atoms with van der Waals surface area (Å²) in [5.74, 6) is 0.677. The zero-order chi connectivity index (χ0) is 23.1. The Morgan fingerprint density at radius 3 is 2.71 bits per heavy atom. The van der Waals surface area contributed by atoms with E-state index in [9.17, 15) is 4.79 Å². The van der Waals surface area contributed by atoms with Crippen molar-refractivity contribution in [1.82, 2.24) is 24.0 Å². The van der Waals surface area contributed by atoms with E-state index in [1.807, 2.05) is 76.8 Å². The molecule has 9 heteroatoms. The number of thiazole rings is 1. The van der Waals surface area contributed by atoms with Crippen LogP contribution in [0.2, 0.25) is 0 Å². The van der Waals surface area contributed by atoms with Crippen LogP contribution in [0.25, 0.3) is 33.1 Å². The average molecular weight is 467 g/mol. The normalized spacial score (nSPS) is 11.2. The van der Waals surface area contributed by atoms with E-state index in [-0.39, 0.29) is 11.9 Å². The lowest BCUT2D eigenvalue weighted by Gasteiger charge is -2.06. The third-order valence-corrected chi connectivity index (χ3v) is 6.30. The first-order chi connectivity index (χ1) is 16.7. The molecule has 0 fully saturated rings. The molecule has 6 aromatic rings. The fourth-order valence-corrected chi connectivity index (χ4v) is 4.64. The number of carbonyl (C=O) groups excluding carboxylic acids is 1. The third kappa shape index (κ3) is 3.48. The van der Waals surface area contributed by atoms with Gasteiger partial charge in [-0.3, -0.25) is 10.1 Å². The van der Waals surface area contributed by atoms with Crippen LogP contribution in [0.15, 0.2) is 84.5 Å². The van der Waals surface area contributed by atoms with E-state index in [2.05, 4.69) is 20.4 Å². The fourth-order valence-electron chi connectivity index (χ4n) is 3.82. The molecule has 1 N–H and O–H groups in total. The van der Waals surface area contributed by atoms with Gasteiger partial charge in [0.15, 0.2) is 0 Å². The summed E-state index contributed by atoms with van der Waals surface area (Å²) in [7, 11) is 1.63. The van der Waals surface area contributed by atoms with Crippen LogP contribution in [0.3, 0.4) is 0 Å². The molecule has 0 aliphatic carbocycles. The lowest BCUT2D eigenvalue weighted by atomic mass is 10.1. The molecule has 0 radical (unpaired) electrons. The van der Waals surface area contributed by atoms with Crippen molar-refractivity contribution in [3.63, 3.8) is 0 Å². The van der Waals surface area contributed by atoms with Gasteiger partial charge in [0.1, 0.15) is 11.4 Å². The third-order valence-electron chi connectivity index (χ3n) is 5.48. The second kappa shape index (κ2) is 8.13. The topological polar surface area (TPSA) is 85.8 Å². The van der Waals surface area contributed by atoms with Crippen molar-refractivity contribution in [2.24, 2.45) is 0 Å².